The van der Waals surface area contributed by atoms with Gasteiger partial charge in [-0.15, -0.1) is 0 Å². The van der Waals surface area contributed by atoms with E-state index in [1.807, 2.05) is 0 Å². The first kappa shape index (κ1) is 15.3. The van der Waals surface area contributed by atoms with Gasteiger partial charge in [0.1, 0.15) is 0 Å². The average molecular weight is 290 g/mol. The number of hydrogen-bond donors (Lipinski definition) is 3. The maximum atomic E-state index is 12.2. The Labute approximate surface area is 124 Å². The number of nitrogens with two attached hydrogens (primary N) is 1. The first-order valence-electron chi connectivity index (χ1n) is 7.22. The molecule has 4 N–H and O–H groups in total. The minimum atomic E-state index is -0.145. The lowest BCUT2D eigenvalue weighted by atomic mass is 10.1. The second-order valence-electron chi connectivity index (χ2n) is 5.37. The molecule has 1 amide bonds. The van der Waals surface area contributed by atoms with E-state index in [1.54, 1.807) is 24.3 Å². The number of carbonyl (C=O) groups is 1. The highest BCUT2D eigenvalue weighted by Gasteiger charge is 2.18. The number of hydrogen-bond acceptors (Lipinski definition) is 4. The summed E-state index contributed by atoms with van der Waals surface area (Å²) in [4.78, 5) is 14.5. The topological polar surface area (TPSA) is 91.0 Å². The van der Waals surface area contributed by atoms with Crippen LogP contribution in [0.2, 0.25) is 0 Å². The molecule has 1 aromatic rings. The van der Waals surface area contributed by atoms with Crippen LogP contribution < -0.4 is 11.1 Å². The van der Waals surface area contributed by atoms with Gasteiger partial charge in [0, 0.05) is 23.7 Å². The zero-order valence-corrected chi connectivity index (χ0v) is 12.2. The molecule has 1 fully saturated rings. The van der Waals surface area contributed by atoms with Crippen molar-refractivity contribution in [1.82, 2.24) is 10.2 Å². The van der Waals surface area contributed by atoms with Gasteiger partial charge in [-0.2, -0.15) is 0 Å². The maximum Gasteiger partial charge on any atom is 0.251 e. The Morgan fingerprint density at radius 2 is 2.10 bits per heavy atom. The Kier molecular flexibility index (Phi) is 5.16. The lowest BCUT2D eigenvalue weighted by molar-refractivity contribution is 0.0940. The average Bonchev–Trinajstić information content (AvgIpc) is 3.06. The molecule has 1 aromatic carbocycles. The van der Waals surface area contributed by atoms with Crippen LogP contribution in [0, 0.1) is 0 Å². The summed E-state index contributed by atoms with van der Waals surface area (Å²) in [5.41, 5.74) is 6.56. The standard InChI is InChI=1S/C15H22N4O2/c1-11(19-7-2-3-8-19)10-17-15(20)13-6-4-5-12(9-13)14(16)18-21/h4-6,9,11,21H,2-3,7-8,10H2,1H3,(H2,16,18)(H,17,20). The molecule has 0 aromatic heterocycles. The third-order valence-electron chi connectivity index (χ3n) is 3.85. The number of nitrogens with one attached hydrogen (secondary N) is 1. The molecule has 6 nitrogen and oxygen atoms in total. The smallest absolute Gasteiger partial charge is 0.251 e. The number of carbonyl (C=O) groups excluding carboxylic acids is 1. The zero-order valence-electron chi connectivity index (χ0n) is 12.2. The van der Waals surface area contributed by atoms with Crippen molar-refractivity contribution in [1.29, 1.82) is 0 Å². The summed E-state index contributed by atoms with van der Waals surface area (Å²) < 4.78 is 0. The quantitative estimate of drug-likeness (QED) is 0.326. The van der Waals surface area contributed by atoms with Gasteiger partial charge >= 0.3 is 0 Å². The lowest BCUT2D eigenvalue weighted by Gasteiger charge is -2.23. The highest BCUT2D eigenvalue weighted by atomic mass is 16.4. The van der Waals surface area contributed by atoms with Crippen LogP contribution in [0.3, 0.4) is 0 Å². The molecule has 0 aliphatic carbocycles. The Morgan fingerprint density at radius 1 is 1.43 bits per heavy atom. The zero-order chi connectivity index (χ0) is 15.2. The fourth-order valence-electron chi connectivity index (χ4n) is 2.53. The predicted molar refractivity (Wildman–Crippen MR) is 81.6 cm³/mol. The van der Waals surface area contributed by atoms with Crippen molar-refractivity contribution in [2.24, 2.45) is 10.9 Å². The third kappa shape index (κ3) is 3.95. The summed E-state index contributed by atoms with van der Waals surface area (Å²) >= 11 is 0. The molecule has 2 rings (SSSR count). The number of likely N-dealkylation sites (tertiary alicyclic amines) is 1. The molecule has 1 atom stereocenters. The molecule has 0 saturated carbocycles. The van der Waals surface area contributed by atoms with E-state index < -0.39 is 0 Å². The monoisotopic (exact) mass is 290 g/mol. The van der Waals surface area contributed by atoms with Gasteiger partial charge in [-0.05, 0) is 45.0 Å². The minimum Gasteiger partial charge on any atom is -0.409 e. The molecule has 6 heteroatoms. The van der Waals surface area contributed by atoms with E-state index in [9.17, 15) is 4.79 Å². The van der Waals surface area contributed by atoms with E-state index >= 15 is 0 Å². The van der Waals surface area contributed by atoms with Crippen LogP contribution in [0.15, 0.2) is 29.4 Å². The fraction of sp³-hybridized carbons (Fsp3) is 0.467. The minimum absolute atomic E-state index is 0.00455. The highest BCUT2D eigenvalue weighted by molar-refractivity contribution is 6.01. The number of oxime groups is 1. The van der Waals surface area contributed by atoms with Crippen LogP contribution in [0.1, 0.15) is 35.7 Å². The van der Waals surface area contributed by atoms with Gasteiger partial charge in [-0.25, -0.2) is 0 Å². The maximum absolute atomic E-state index is 12.2. The second kappa shape index (κ2) is 7.08. The Hall–Kier alpha value is -2.08. The molecule has 1 aliphatic rings. The normalized spacial score (nSPS) is 17.7. The predicted octanol–water partition coefficient (Wildman–Crippen LogP) is 0.995. The number of rotatable bonds is 5. The van der Waals surface area contributed by atoms with E-state index in [0.717, 1.165) is 13.1 Å². The number of nitrogens with zero attached hydrogens (tertiary/aromatic N) is 2. The van der Waals surface area contributed by atoms with Crippen LogP contribution in [0.25, 0.3) is 0 Å². The van der Waals surface area contributed by atoms with E-state index in [1.165, 1.54) is 12.8 Å². The Bertz CT molecular complexity index is 524. The van der Waals surface area contributed by atoms with E-state index in [2.05, 4.69) is 22.3 Å². The number of amides is 1. The third-order valence-corrected chi connectivity index (χ3v) is 3.85. The van der Waals surface area contributed by atoms with Gasteiger partial charge in [0.15, 0.2) is 5.84 Å². The van der Waals surface area contributed by atoms with Gasteiger partial charge < -0.3 is 16.3 Å². The van der Waals surface area contributed by atoms with Crippen molar-refractivity contribution in [3.8, 4) is 0 Å². The van der Waals surface area contributed by atoms with Crippen molar-refractivity contribution in [2.45, 2.75) is 25.8 Å². The first-order chi connectivity index (χ1) is 10.1. The van der Waals surface area contributed by atoms with Crippen LogP contribution in [0.4, 0.5) is 0 Å². The van der Waals surface area contributed by atoms with Crippen molar-refractivity contribution >= 4 is 11.7 Å². The van der Waals surface area contributed by atoms with Gasteiger partial charge in [0.25, 0.3) is 5.91 Å². The van der Waals surface area contributed by atoms with Crippen molar-refractivity contribution < 1.29 is 10.0 Å². The summed E-state index contributed by atoms with van der Waals surface area (Å²) in [5, 5.41) is 14.5. The van der Waals surface area contributed by atoms with E-state index in [-0.39, 0.29) is 11.7 Å². The van der Waals surface area contributed by atoms with Gasteiger partial charge in [-0.3, -0.25) is 9.69 Å². The summed E-state index contributed by atoms with van der Waals surface area (Å²) in [6.45, 7) is 4.96. The molecule has 1 unspecified atom stereocenters. The Morgan fingerprint density at radius 3 is 2.76 bits per heavy atom. The molecular weight excluding hydrogens is 268 g/mol. The lowest BCUT2D eigenvalue weighted by Crippen LogP contribution is -2.40. The summed E-state index contributed by atoms with van der Waals surface area (Å²) in [7, 11) is 0. The molecule has 114 valence electrons. The molecule has 1 heterocycles. The van der Waals surface area contributed by atoms with Gasteiger partial charge in [0.2, 0.25) is 0 Å². The largest absolute Gasteiger partial charge is 0.409 e. The summed E-state index contributed by atoms with van der Waals surface area (Å²) in [6, 6.07) is 7.07. The molecule has 0 bridgehead atoms. The SMILES string of the molecule is CC(CNC(=O)c1cccc(/C(N)=N/O)c1)N1CCCC1. The number of benzene rings is 1. The molecule has 0 spiro atoms. The van der Waals surface area contributed by atoms with E-state index in [0.29, 0.717) is 23.7 Å². The molecule has 1 aliphatic heterocycles. The highest BCUT2D eigenvalue weighted by Crippen LogP contribution is 2.11. The van der Waals surface area contributed by atoms with Gasteiger partial charge in [0.05, 0.1) is 0 Å². The van der Waals surface area contributed by atoms with Crippen molar-refractivity contribution in [2.75, 3.05) is 19.6 Å². The summed E-state index contributed by atoms with van der Waals surface area (Å²) in [6.07, 6.45) is 2.47. The molecular formula is C15H22N4O2. The van der Waals surface area contributed by atoms with Crippen LogP contribution >= 0.6 is 0 Å². The number of amidine groups is 1. The first-order valence-corrected chi connectivity index (χ1v) is 7.22. The van der Waals surface area contributed by atoms with Crippen LogP contribution in [-0.2, 0) is 0 Å². The Balaban J connectivity index is 1.93. The van der Waals surface area contributed by atoms with E-state index in [4.69, 9.17) is 10.9 Å². The molecule has 21 heavy (non-hydrogen) atoms. The molecule has 0 radical (unpaired) electrons. The van der Waals surface area contributed by atoms with Crippen molar-refractivity contribution in [3.05, 3.63) is 35.4 Å². The second-order valence-corrected chi connectivity index (χ2v) is 5.37. The van der Waals surface area contributed by atoms with Crippen LogP contribution in [-0.4, -0.2) is 47.5 Å². The van der Waals surface area contributed by atoms with Crippen LogP contribution in [0.5, 0.6) is 0 Å². The fourth-order valence-corrected chi connectivity index (χ4v) is 2.53. The van der Waals surface area contributed by atoms with Crippen molar-refractivity contribution in [3.63, 3.8) is 0 Å². The molecule has 1 saturated heterocycles. The summed E-state index contributed by atoms with van der Waals surface area (Å²) in [5.74, 6) is -0.149. The van der Waals surface area contributed by atoms with Gasteiger partial charge in [-0.1, -0.05) is 17.3 Å².